The van der Waals surface area contributed by atoms with Crippen LogP contribution >= 0.6 is 15.6 Å². The van der Waals surface area contributed by atoms with Crippen LogP contribution in [0.4, 0.5) is 0 Å². The average Bonchev–Trinajstić information content (AvgIpc) is 3.63. The van der Waals surface area contributed by atoms with Gasteiger partial charge in [-0.25, -0.2) is 9.13 Å². The maximum Gasteiger partial charge on any atom is 0.472 e. The number of aliphatic hydroxyl groups excluding tert-OH is 1. The first-order valence-corrected chi connectivity index (χ1v) is 41.3. The number of esters is 4. The van der Waals surface area contributed by atoms with Gasteiger partial charge >= 0.3 is 39.5 Å². The van der Waals surface area contributed by atoms with Crippen LogP contribution in [0.25, 0.3) is 0 Å². The molecule has 0 amide bonds. The third-order valence-electron chi connectivity index (χ3n) is 17.1. The van der Waals surface area contributed by atoms with Crippen molar-refractivity contribution in [2.24, 2.45) is 17.8 Å². The second kappa shape index (κ2) is 64.7. The molecule has 0 heterocycles. The van der Waals surface area contributed by atoms with E-state index in [1.807, 2.05) is 0 Å². The van der Waals surface area contributed by atoms with E-state index in [2.05, 4.69) is 48.5 Å². The van der Waals surface area contributed by atoms with Crippen molar-refractivity contribution in [2.75, 3.05) is 39.6 Å². The summed E-state index contributed by atoms with van der Waals surface area (Å²) < 4.78 is 68.4. The van der Waals surface area contributed by atoms with Crippen LogP contribution in [0.15, 0.2) is 0 Å². The Balaban J connectivity index is 5.18. The van der Waals surface area contributed by atoms with Crippen molar-refractivity contribution in [1.82, 2.24) is 0 Å². The molecule has 0 aromatic carbocycles. The van der Waals surface area contributed by atoms with Crippen LogP contribution in [0.1, 0.15) is 376 Å². The normalized spacial score (nSPS) is 14.1. The number of carbonyl (C=O) groups excluding carboxylic acids is 4. The quantitative estimate of drug-likeness (QED) is 0.0222. The van der Waals surface area contributed by atoms with Crippen molar-refractivity contribution in [3.63, 3.8) is 0 Å². The molecule has 0 fully saturated rings. The molecule has 2 unspecified atom stereocenters. The summed E-state index contributed by atoms with van der Waals surface area (Å²) in [7, 11) is -9.91. The van der Waals surface area contributed by atoms with E-state index in [0.717, 1.165) is 108 Å². The summed E-state index contributed by atoms with van der Waals surface area (Å²) in [4.78, 5) is 72.6. The molecule has 0 bridgehead atoms. The highest BCUT2D eigenvalue weighted by Crippen LogP contribution is 2.45. The highest BCUT2D eigenvalue weighted by atomic mass is 31.2. The van der Waals surface area contributed by atoms with Gasteiger partial charge in [-0.15, -0.1) is 0 Å². The van der Waals surface area contributed by atoms with Gasteiger partial charge in [0.1, 0.15) is 19.3 Å². The summed E-state index contributed by atoms with van der Waals surface area (Å²) in [5.41, 5.74) is 0. The lowest BCUT2D eigenvalue weighted by Crippen LogP contribution is -2.30. The number of carbonyl (C=O) groups is 4. The Morgan fingerprint density at radius 2 is 0.495 bits per heavy atom. The number of phosphoric ester groups is 2. The highest BCUT2D eigenvalue weighted by Gasteiger charge is 2.30. The highest BCUT2D eigenvalue weighted by molar-refractivity contribution is 7.47. The number of aliphatic hydroxyl groups is 1. The van der Waals surface area contributed by atoms with Crippen LogP contribution in [0.2, 0.25) is 0 Å². The monoisotopic (exact) mass is 1370 g/mol. The number of hydrogen-bond acceptors (Lipinski definition) is 15. The molecule has 19 heteroatoms. The summed E-state index contributed by atoms with van der Waals surface area (Å²) in [5.74, 6) is 0.0146. The molecule has 0 aliphatic rings. The zero-order valence-corrected chi connectivity index (χ0v) is 62.5. The first kappa shape index (κ1) is 91.1. The Morgan fingerprint density at radius 3 is 0.731 bits per heavy atom. The van der Waals surface area contributed by atoms with Crippen molar-refractivity contribution in [3.8, 4) is 0 Å². The second-order valence-corrected chi connectivity index (χ2v) is 31.0. The second-order valence-electron chi connectivity index (χ2n) is 28.1. The molecule has 5 atom stereocenters. The molecule has 0 aliphatic carbocycles. The molecular formula is C74H144O17P2. The van der Waals surface area contributed by atoms with E-state index in [1.165, 1.54) is 180 Å². The fraction of sp³-hybridized carbons (Fsp3) is 0.946. The zero-order valence-electron chi connectivity index (χ0n) is 60.7. The molecule has 0 aromatic heterocycles. The van der Waals surface area contributed by atoms with Crippen molar-refractivity contribution >= 4 is 39.5 Å². The lowest BCUT2D eigenvalue weighted by molar-refractivity contribution is -0.161. The van der Waals surface area contributed by atoms with E-state index in [4.69, 9.17) is 37.0 Å². The van der Waals surface area contributed by atoms with E-state index >= 15 is 0 Å². The van der Waals surface area contributed by atoms with Crippen LogP contribution in [0.5, 0.6) is 0 Å². The zero-order chi connectivity index (χ0) is 68.7. The van der Waals surface area contributed by atoms with Crippen LogP contribution in [0, 0.1) is 17.8 Å². The summed E-state index contributed by atoms with van der Waals surface area (Å²) in [5, 5.41) is 10.6. The maximum absolute atomic E-state index is 13.1. The van der Waals surface area contributed by atoms with E-state index in [1.54, 1.807) is 0 Å². The molecule has 0 saturated carbocycles. The lowest BCUT2D eigenvalue weighted by Gasteiger charge is -2.21. The summed E-state index contributed by atoms with van der Waals surface area (Å²) >= 11 is 0. The third kappa shape index (κ3) is 68.4. The predicted octanol–water partition coefficient (Wildman–Crippen LogP) is 21.4. The molecule has 0 aromatic rings. The van der Waals surface area contributed by atoms with Gasteiger partial charge in [0.15, 0.2) is 12.2 Å². The van der Waals surface area contributed by atoms with Gasteiger partial charge < -0.3 is 33.8 Å². The van der Waals surface area contributed by atoms with Gasteiger partial charge in [-0.2, -0.15) is 0 Å². The van der Waals surface area contributed by atoms with E-state index in [-0.39, 0.29) is 25.7 Å². The summed E-state index contributed by atoms with van der Waals surface area (Å²) in [6.07, 6.45) is 50.4. The fourth-order valence-electron chi connectivity index (χ4n) is 11.2. The number of phosphoric acid groups is 2. The van der Waals surface area contributed by atoms with Gasteiger partial charge in [0.25, 0.3) is 0 Å². The smallest absolute Gasteiger partial charge is 0.462 e. The van der Waals surface area contributed by atoms with Crippen LogP contribution in [0.3, 0.4) is 0 Å². The van der Waals surface area contributed by atoms with Crippen LogP contribution in [-0.2, 0) is 65.4 Å². The van der Waals surface area contributed by atoms with E-state index in [0.29, 0.717) is 31.6 Å². The molecular weight excluding hydrogens is 1220 g/mol. The Labute approximate surface area is 568 Å². The van der Waals surface area contributed by atoms with Gasteiger partial charge in [0.05, 0.1) is 26.4 Å². The van der Waals surface area contributed by atoms with Crippen molar-refractivity contribution in [2.45, 2.75) is 394 Å². The SMILES string of the molecule is CCCCCCCCCCCCCCCCCCCCCCCC(=O)O[C@H](COC(=O)CCCCCCCCCCCC(C)C)COP(=O)(O)OC[C@@H](O)COP(=O)(O)OC[C@@H](COC(=O)CCCCCCCCC(C)C)OC(=O)CCCCCCCCCCC(C)C. The van der Waals surface area contributed by atoms with Crippen molar-refractivity contribution in [3.05, 3.63) is 0 Å². The number of hydrogen-bond donors (Lipinski definition) is 3. The largest absolute Gasteiger partial charge is 0.472 e. The molecule has 93 heavy (non-hydrogen) atoms. The summed E-state index contributed by atoms with van der Waals surface area (Å²) in [6, 6.07) is 0. The molecule has 0 radical (unpaired) electrons. The standard InChI is InChI=1S/C74H144O17P2/c1-8-9-10-11-12-13-14-15-16-17-18-19-20-21-22-23-24-27-34-43-50-57-73(78)90-69(61-84-71(76)55-48-41-33-28-25-26-31-38-45-52-65(2)3)63-88-92(80,81)86-59-68(75)60-87-93(82,83)89-64-70(62-85-72(77)56-49-42-37-36-40-47-54-67(6)7)91-74(79)58-51-44-35-30-29-32-39-46-53-66(4)5/h65-70,75H,8-64H2,1-7H3,(H,80,81)(H,82,83)/t68-,69-,70-/m1/s1. The number of unbranched alkanes of at least 4 members (excludes halogenated alkanes) is 40. The van der Waals surface area contributed by atoms with Crippen molar-refractivity contribution in [1.29, 1.82) is 0 Å². The minimum Gasteiger partial charge on any atom is -0.462 e. The first-order chi connectivity index (χ1) is 44.7. The molecule has 552 valence electrons. The maximum atomic E-state index is 13.1. The Morgan fingerprint density at radius 1 is 0.290 bits per heavy atom. The van der Waals surface area contributed by atoms with Gasteiger partial charge in [0.2, 0.25) is 0 Å². The molecule has 3 N–H and O–H groups in total. The molecule has 0 rings (SSSR count). The Kier molecular flexibility index (Phi) is 63.4. The minimum atomic E-state index is -4.96. The topological polar surface area (TPSA) is 237 Å². The van der Waals surface area contributed by atoms with E-state index < -0.39 is 97.5 Å². The average molecular weight is 1370 g/mol. The third-order valence-corrected chi connectivity index (χ3v) is 19.0. The first-order valence-electron chi connectivity index (χ1n) is 38.3. The number of rotatable bonds is 72. The van der Waals surface area contributed by atoms with Crippen molar-refractivity contribution < 1.29 is 80.2 Å². The van der Waals surface area contributed by atoms with Crippen LogP contribution in [-0.4, -0.2) is 96.7 Å². The van der Waals surface area contributed by atoms with Crippen LogP contribution < -0.4 is 0 Å². The molecule has 0 aliphatic heterocycles. The number of ether oxygens (including phenoxy) is 4. The lowest BCUT2D eigenvalue weighted by atomic mass is 10.0. The van der Waals surface area contributed by atoms with Gasteiger partial charge in [-0.1, -0.05) is 325 Å². The Bertz CT molecular complexity index is 1820. The fourth-order valence-corrected chi connectivity index (χ4v) is 12.8. The van der Waals surface area contributed by atoms with Gasteiger partial charge in [-0.3, -0.25) is 37.3 Å². The summed E-state index contributed by atoms with van der Waals surface area (Å²) in [6.45, 7) is 11.7. The predicted molar refractivity (Wildman–Crippen MR) is 377 cm³/mol. The minimum absolute atomic E-state index is 0.103. The Hall–Kier alpha value is -1.94. The van der Waals surface area contributed by atoms with E-state index in [9.17, 15) is 43.2 Å². The molecule has 0 saturated heterocycles. The van der Waals surface area contributed by atoms with Gasteiger partial charge in [-0.05, 0) is 43.4 Å². The molecule has 0 spiro atoms. The molecule has 17 nitrogen and oxygen atoms in total. The van der Waals surface area contributed by atoms with Gasteiger partial charge in [0, 0.05) is 25.7 Å².